The van der Waals surface area contributed by atoms with E-state index in [4.69, 9.17) is 16.3 Å². The average Bonchev–Trinajstić information content (AvgIpc) is 2.34. The Morgan fingerprint density at radius 1 is 1.67 bits per heavy atom. The van der Waals surface area contributed by atoms with Gasteiger partial charge in [-0.15, -0.1) is 0 Å². The molecule has 1 N–H and O–H groups in total. The predicted molar refractivity (Wildman–Crippen MR) is 63.8 cm³/mol. The number of hydrogen-bond acceptors (Lipinski definition) is 6. The van der Waals surface area contributed by atoms with Crippen molar-refractivity contribution in [2.45, 2.75) is 6.54 Å². The molecule has 0 atom stereocenters. The Morgan fingerprint density at radius 2 is 2.50 bits per heavy atom. The molecule has 1 fully saturated rings. The van der Waals surface area contributed by atoms with Gasteiger partial charge in [-0.05, 0) is 11.6 Å². The van der Waals surface area contributed by atoms with Crippen LogP contribution >= 0.6 is 11.6 Å². The first-order valence-corrected chi connectivity index (χ1v) is 5.55. The minimum absolute atomic E-state index is 0.259. The molecule has 7 nitrogen and oxygen atoms in total. The highest BCUT2D eigenvalue weighted by atomic mass is 35.5. The smallest absolute Gasteiger partial charge is 0.274 e. The number of pyridine rings is 1. The van der Waals surface area contributed by atoms with Crippen LogP contribution in [0.15, 0.2) is 30.4 Å². The molecule has 1 aliphatic rings. The van der Waals surface area contributed by atoms with Crippen LogP contribution in [-0.2, 0) is 11.3 Å². The summed E-state index contributed by atoms with van der Waals surface area (Å²) in [5.41, 5.74) is 0.890. The summed E-state index contributed by atoms with van der Waals surface area (Å²) < 4.78 is 5.19. The monoisotopic (exact) mass is 270 g/mol. The van der Waals surface area contributed by atoms with Crippen LogP contribution in [0.2, 0.25) is 5.15 Å². The van der Waals surface area contributed by atoms with Gasteiger partial charge in [0.1, 0.15) is 18.6 Å². The molecule has 96 valence electrons. The second-order valence-corrected chi connectivity index (χ2v) is 4.03. The summed E-state index contributed by atoms with van der Waals surface area (Å²) in [6, 6.07) is 3.49. The zero-order chi connectivity index (χ0) is 13.0. The molecule has 0 aliphatic carbocycles. The first-order chi connectivity index (χ1) is 8.65. The van der Waals surface area contributed by atoms with Gasteiger partial charge >= 0.3 is 0 Å². The molecule has 0 saturated carbocycles. The molecule has 0 spiro atoms. The van der Waals surface area contributed by atoms with Gasteiger partial charge in [0.05, 0.1) is 4.92 Å². The molecule has 1 aromatic heterocycles. The third-order valence-electron chi connectivity index (χ3n) is 2.33. The Kier molecular flexibility index (Phi) is 3.96. The quantitative estimate of drug-likeness (QED) is 0.504. The molecule has 2 heterocycles. The molecule has 0 amide bonds. The van der Waals surface area contributed by atoms with Gasteiger partial charge in [0.25, 0.3) is 6.20 Å². The first kappa shape index (κ1) is 12.6. The molecule has 0 bridgehead atoms. The van der Waals surface area contributed by atoms with Crippen molar-refractivity contribution >= 4 is 11.6 Å². The minimum Gasteiger partial charge on any atom is -0.344 e. The molecule has 18 heavy (non-hydrogen) atoms. The number of halogens is 1. The Balaban J connectivity index is 2.10. The Morgan fingerprint density at radius 3 is 3.17 bits per heavy atom. The van der Waals surface area contributed by atoms with E-state index in [0.717, 1.165) is 11.8 Å². The number of hydrogen-bond donors (Lipinski definition) is 1. The van der Waals surface area contributed by atoms with Gasteiger partial charge in [-0.1, -0.05) is 17.7 Å². The standard InChI is InChI=1S/C10H11ClN4O3/c11-9-2-1-8(3-12-9)4-14-7-18-6-13-10(14)5-15(16)17/h1-3,5,13H,4,6-7H2/b10-5+. The maximum atomic E-state index is 10.5. The fraction of sp³-hybridized carbons (Fsp3) is 0.300. The van der Waals surface area contributed by atoms with Gasteiger partial charge < -0.3 is 15.0 Å². The summed E-state index contributed by atoms with van der Waals surface area (Å²) in [5.74, 6) is 0.418. The zero-order valence-electron chi connectivity index (χ0n) is 9.38. The average molecular weight is 271 g/mol. The fourth-order valence-corrected chi connectivity index (χ4v) is 1.65. The lowest BCUT2D eigenvalue weighted by Crippen LogP contribution is -2.40. The highest BCUT2D eigenvalue weighted by Gasteiger charge is 2.18. The van der Waals surface area contributed by atoms with E-state index in [2.05, 4.69) is 10.3 Å². The Bertz CT molecular complexity index is 463. The predicted octanol–water partition coefficient (Wildman–Crippen LogP) is 1.15. The van der Waals surface area contributed by atoms with Crippen LogP contribution in [0.4, 0.5) is 0 Å². The molecule has 1 aromatic rings. The van der Waals surface area contributed by atoms with Crippen LogP contribution in [0, 0.1) is 10.1 Å². The lowest BCUT2D eigenvalue weighted by atomic mass is 10.2. The lowest BCUT2D eigenvalue weighted by molar-refractivity contribution is -0.405. The van der Waals surface area contributed by atoms with E-state index in [-0.39, 0.29) is 13.5 Å². The normalized spacial score (nSPS) is 17.6. The van der Waals surface area contributed by atoms with Gasteiger partial charge in [0.15, 0.2) is 5.82 Å². The number of nitrogens with zero attached hydrogens (tertiary/aromatic N) is 3. The van der Waals surface area contributed by atoms with E-state index < -0.39 is 4.92 Å². The van der Waals surface area contributed by atoms with Crippen LogP contribution in [0.25, 0.3) is 0 Å². The molecule has 1 aliphatic heterocycles. The maximum absolute atomic E-state index is 10.5. The summed E-state index contributed by atoms with van der Waals surface area (Å²) in [6.45, 7) is 1.00. The SMILES string of the molecule is O=[N+]([O-])/C=C1\NCOCN1Cc1ccc(Cl)nc1. The molecular formula is C10H11ClN4O3. The van der Waals surface area contributed by atoms with Crippen LogP contribution in [-0.4, -0.2) is 28.3 Å². The van der Waals surface area contributed by atoms with Crippen molar-refractivity contribution in [1.82, 2.24) is 15.2 Å². The number of nitro groups is 1. The molecule has 0 unspecified atom stereocenters. The summed E-state index contributed by atoms with van der Waals surface area (Å²) in [6.07, 6.45) is 2.55. The van der Waals surface area contributed by atoms with Crippen molar-refractivity contribution < 1.29 is 9.66 Å². The number of aromatic nitrogens is 1. The van der Waals surface area contributed by atoms with Crippen molar-refractivity contribution in [3.8, 4) is 0 Å². The topological polar surface area (TPSA) is 80.5 Å². The van der Waals surface area contributed by atoms with Crippen LogP contribution in [0.1, 0.15) is 5.56 Å². The van der Waals surface area contributed by atoms with Crippen LogP contribution in [0.5, 0.6) is 0 Å². The first-order valence-electron chi connectivity index (χ1n) is 5.17. The summed E-state index contributed by atoms with van der Waals surface area (Å²) in [7, 11) is 0. The van der Waals surface area contributed by atoms with Crippen molar-refractivity contribution in [1.29, 1.82) is 0 Å². The molecule has 2 rings (SSSR count). The molecule has 1 saturated heterocycles. The summed E-state index contributed by atoms with van der Waals surface area (Å²) in [5, 5.41) is 13.7. The minimum atomic E-state index is -0.499. The van der Waals surface area contributed by atoms with Gasteiger partial charge in [-0.3, -0.25) is 10.1 Å². The Hall–Kier alpha value is -1.86. The van der Waals surface area contributed by atoms with Crippen molar-refractivity contribution in [3.63, 3.8) is 0 Å². The molecular weight excluding hydrogens is 260 g/mol. The summed E-state index contributed by atoms with van der Waals surface area (Å²) >= 11 is 5.69. The molecule has 0 radical (unpaired) electrons. The van der Waals surface area contributed by atoms with Crippen molar-refractivity contribution in [2.24, 2.45) is 0 Å². The van der Waals surface area contributed by atoms with E-state index >= 15 is 0 Å². The van der Waals surface area contributed by atoms with E-state index in [1.807, 2.05) is 6.07 Å². The third kappa shape index (κ3) is 3.31. The largest absolute Gasteiger partial charge is 0.344 e. The van der Waals surface area contributed by atoms with Crippen molar-refractivity contribution in [2.75, 3.05) is 13.5 Å². The molecule has 0 aromatic carbocycles. The van der Waals surface area contributed by atoms with Crippen LogP contribution in [0.3, 0.4) is 0 Å². The summed E-state index contributed by atoms with van der Waals surface area (Å²) in [4.78, 5) is 15.7. The highest BCUT2D eigenvalue weighted by Crippen LogP contribution is 2.13. The lowest BCUT2D eigenvalue weighted by Gasteiger charge is -2.30. The van der Waals surface area contributed by atoms with Gasteiger partial charge in [0, 0.05) is 12.7 Å². The highest BCUT2D eigenvalue weighted by molar-refractivity contribution is 6.29. The second-order valence-electron chi connectivity index (χ2n) is 3.64. The maximum Gasteiger partial charge on any atom is 0.274 e. The van der Waals surface area contributed by atoms with Crippen LogP contribution < -0.4 is 5.32 Å². The number of nitrogens with one attached hydrogen (secondary N) is 1. The number of rotatable bonds is 3. The van der Waals surface area contributed by atoms with E-state index in [0.29, 0.717) is 17.5 Å². The van der Waals surface area contributed by atoms with Gasteiger partial charge in [-0.2, -0.15) is 0 Å². The van der Waals surface area contributed by atoms with Crippen molar-refractivity contribution in [3.05, 3.63) is 51.2 Å². The Labute approximate surface area is 108 Å². The van der Waals surface area contributed by atoms with E-state index in [1.54, 1.807) is 17.2 Å². The van der Waals surface area contributed by atoms with E-state index in [9.17, 15) is 10.1 Å². The zero-order valence-corrected chi connectivity index (χ0v) is 10.1. The third-order valence-corrected chi connectivity index (χ3v) is 2.56. The van der Waals surface area contributed by atoms with Gasteiger partial charge in [-0.25, -0.2) is 4.98 Å². The fourth-order valence-electron chi connectivity index (χ4n) is 1.54. The molecule has 8 heteroatoms. The number of ether oxygens (including phenoxy) is 1. The van der Waals surface area contributed by atoms with Gasteiger partial charge in [0.2, 0.25) is 0 Å². The second kappa shape index (κ2) is 5.65. The van der Waals surface area contributed by atoms with E-state index in [1.165, 1.54) is 0 Å².